The van der Waals surface area contributed by atoms with Crippen molar-refractivity contribution < 1.29 is 19.0 Å². The van der Waals surface area contributed by atoms with Crippen molar-refractivity contribution in [2.24, 2.45) is 0 Å². The average Bonchev–Trinajstić information content (AvgIpc) is 1.52. The van der Waals surface area contributed by atoms with E-state index in [1.165, 1.54) is 0 Å². The minimum Gasteiger partial charge on any atom is -0.395 e. The van der Waals surface area contributed by atoms with Crippen LogP contribution in [0.5, 0.6) is 0 Å². The summed E-state index contributed by atoms with van der Waals surface area (Å²) in [7, 11) is -3.98. The second-order valence-corrected chi connectivity index (χ2v) is 5.10. The SMILES string of the molecule is [2H]C([2H])(O)C([2H])([2H])SS(C)(=O)=O. The molecule has 0 rings (SSSR count). The molecule has 0 amide bonds. The molecule has 0 unspecified atom stereocenters. The first-order chi connectivity index (χ1) is 4.96. The summed E-state index contributed by atoms with van der Waals surface area (Å²) < 4.78 is 47.9. The molecule has 0 saturated carbocycles. The lowest BCUT2D eigenvalue weighted by Gasteiger charge is -1.90. The first-order valence-corrected chi connectivity index (χ1v) is 4.81. The van der Waals surface area contributed by atoms with Gasteiger partial charge in [-0.15, -0.1) is 0 Å². The molecule has 5 heteroatoms. The molecule has 0 atom stereocenters. The Balaban J connectivity index is 4.67. The van der Waals surface area contributed by atoms with Gasteiger partial charge in [-0.2, -0.15) is 0 Å². The zero-order chi connectivity index (χ0) is 10.2. The molecule has 0 fully saturated rings. The molecular weight excluding hydrogens is 148 g/mol. The monoisotopic (exact) mass is 160 g/mol. The van der Waals surface area contributed by atoms with Gasteiger partial charge in [0, 0.05) is 14.7 Å². The predicted molar refractivity (Wildman–Crippen MR) is 34.4 cm³/mol. The van der Waals surface area contributed by atoms with E-state index in [4.69, 9.17) is 10.6 Å². The van der Waals surface area contributed by atoms with Gasteiger partial charge in [-0.05, 0) is 10.8 Å². The number of rotatable bonds is 3. The zero-order valence-electron chi connectivity index (χ0n) is 8.08. The van der Waals surface area contributed by atoms with E-state index in [9.17, 15) is 8.42 Å². The highest BCUT2D eigenvalue weighted by atomic mass is 33.1. The lowest BCUT2D eigenvalue weighted by atomic mass is 10.9. The van der Waals surface area contributed by atoms with Crippen LogP contribution in [0.1, 0.15) is 5.48 Å². The van der Waals surface area contributed by atoms with Crippen molar-refractivity contribution in [3.63, 3.8) is 0 Å². The summed E-state index contributed by atoms with van der Waals surface area (Å²) in [6, 6.07) is 0. The van der Waals surface area contributed by atoms with Crippen molar-refractivity contribution in [1.29, 1.82) is 0 Å². The summed E-state index contributed by atoms with van der Waals surface area (Å²) in [5.74, 6) is 0. The van der Waals surface area contributed by atoms with Gasteiger partial charge in [-0.3, -0.25) is 0 Å². The first-order valence-electron chi connectivity index (χ1n) is 3.59. The highest BCUT2D eigenvalue weighted by molar-refractivity contribution is 8.71. The van der Waals surface area contributed by atoms with E-state index in [2.05, 4.69) is 0 Å². The second kappa shape index (κ2) is 3.32. The fraction of sp³-hybridized carbons (Fsp3) is 1.00. The summed E-state index contributed by atoms with van der Waals surface area (Å²) in [6.45, 7) is -3.18. The van der Waals surface area contributed by atoms with Crippen molar-refractivity contribution in [3.8, 4) is 0 Å². The van der Waals surface area contributed by atoms with E-state index < -0.39 is 21.1 Å². The second-order valence-electron chi connectivity index (χ2n) is 1.00. The molecule has 8 heavy (non-hydrogen) atoms. The van der Waals surface area contributed by atoms with Crippen molar-refractivity contribution in [3.05, 3.63) is 0 Å². The molecule has 50 valence electrons. The van der Waals surface area contributed by atoms with E-state index in [0.717, 1.165) is 6.26 Å². The van der Waals surface area contributed by atoms with E-state index in [1.54, 1.807) is 0 Å². The summed E-state index contributed by atoms with van der Waals surface area (Å²) in [5.41, 5.74) is -2.86. The van der Waals surface area contributed by atoms with Crippen molar-refractivity contribution >= 4 is 19.7 Å². The third kappa shape index (κ3) is 6.26. The van der Waals surface area contributed by atoms with Crippen LogP contribution in [0.4, 0.5) is 0 Å². The molecule has 0 aliphatic heterocycles. The first kappa shape index (κ1) is 3.43. The Labute approximate surface area is 58.0 Å². The van der Waals surface area contributed by atoms with Crippen molar-refractivity contribution in [2.45, 2.75) is 0 Å². The standard InChI is InChI=1S/C3H8O3S2/c1-8(5,6)7-3-2-4/h4H,2-3H2,1H3/i2D2,3D2. The number of aliphatic hydroxyl groups is 1. The normalized spacial score (nSPS) is 22.8. The highest BCUT2D eigenvalue weighted by Crippen LogP contribution is 2.06. The van der Waals surface area contributed by atoms with Gasteiger partial charge < -0.3 is 5.11 Å². The fourth-order valence-electron chi connectivity index (χ4n) is 0.0943. The zero-order valence-corrected chi connectivity index (χ0v) is 5.71. The molecule has 0 aromatic rings. The minimum atomic E-state index is -3.72. The van der Waals surface area contributed by atoms with E-state index in [0.29, 0.717) is 0 Å². The topological polar surface area (TPSA) is 54.4 Å². The Hall–Kier alpha value is 0.260. The Morgan fingerprint density at radius 1 is 1.88 bits per heavy atom. The Morgan fingerprint density at radius 3 is 2.50 bits per heavy atom. The summed E-state index contributed by atoms with van der Waals surface area (Å²) in [6.07, 6.45) is 0.737. The van der Waals surface area contributed by atoms with Crippen LogP contribution in [-0.2, 0) is 8.87 Å². The molecule has 0 radical (unpaired) electrons. The summed E-state index contributed by atoms with van der Waals surface area (Å²) >= 11 is 0. The number of hydrogen-bond acceptors (Lipinski definition) is 4. The van der Waals surface area contributed by atoms with Gasteiger partial charge >= 0.3 is 0 Å². The van der Waals surface area contributed by atoms with Crippen LogP contribution in [0.15, 0.2) is 0 Å². The molecule has 0 aromatic heterocycles. The Kier molecular flexibility index (Phi) is 1.42. The molecular formula is C3H8O3S2. The van der Waals surface area contributed by atoms with Crippen LogP contribution in [0.2, 0.25) is 0 Å². The summed E-state index contributed by atoms with van der Waals surface area (Å²) in [4.78, 5) is 0. The fourth-order valence-corrected chi connectivity index (χ4v) is 0.849. The molecule has 0 aliphatic carbocycles. The van der Waals surface area contributed by atoms with Crippen molar-refractivity contribution in [1.82, 2.24) is 0 Å². The molecule has 0 aliphatic rings. The largest absolute Gasteiger partial charge is 0.395 e. The smallest absolute Gasteiger partial charge is 0.198 e. The van der Waals surface area contributed by atoms with E-state index >= 15 is 0 Å². The van der Waals surface area contributed by atoms with Crippen LogP contribution in [0.25, 0.3) is 0 Å². The third-order valence-corrected chi connectivity index (χ3v) is 1.87. The highest BCUT2D eigenvalue weighted by Gasteiger charge is 1.98. The van der Waals surface area contributed by atoms with Gasteiger partial charge in [0.15, 0.2) is 8.87 Å². The molecule has 1 N–H and O–H groups in total. The van der Waals surface area contributed by atoms with Crippen LogP contribution >= 0.6 is 10.8 Å². The van der Waals surface area contributed by atoms with Crippen LogP contribution in [0.3, 0.4) is 0 Å². The number of hydrogen-bond donors (Lipinski definition) is 1. The van der Waals surface area contributed by atoms with Crippen LogP contribution < -0.4 is 0 Å². The molecule has 3 nitrogen and oxygen atoms in total. The van der Waals surface area contributed by atoms with Crippen LogP contribution in [0, 0.1) is 0 Å². The molecule has 0 saturated heterocycles. The molecule has 0 bridgehead atoms. The molecule has 0 aromatic carbocycles. The van der Waals surface area contributed by atoms with Gasteiger partial charge in [0.25, 0.3) is 0 Å². The van der Waals surface area contributed by atoms with Crippen LogP contribution in [-0.4, -0.2) is 32.0 Å². The van der Waals surface area contributed by atoms with Gasteiger partial charge in [0.05, 0.1) is 9.30 Å². The maximum absolute atomic E-state index is 10.5. The quantitative estimate of drug-likeness (QED) is 0.574. The van der Waals surface area contributed by atoms with Crippen molar-refractivity contribution in [2.75, 3.05) is 18.5 Å². The van der Waals surface area contributed by atoms with E-state index in [1.807, 2.05) is 0 Å². The predicted octanol–water partition coefficient (Wildman–Crippen LogP) is -0.329. The van der Waals surface area contributed by atoms with Gasteiger partial charge in [-0.25, -0.2) is 8.42 Å². The van der Waals surface area contributed by atoms with Gasteiger partial charge in [0.1, 0.15) is 0 Å². The maximum Gasteiger partial charge on any atom is 0.198 e. The summed E-state index contributed by atoms with van der Waals surface area (Å²) in [5, 5.41) is 8.58. The average molecular weight is 160 g/mol. The lowest BCUT2D eigenvalue weighted by Crippen LogP contribution is -1.93. The Bertz CT molecular complexity index is 253. The maximum atomic E-state index is 10.5. The minimum absolute atomic E-state index is 0.253. The Morgan fingerprint density at radius 2 is 2.38 bits per heavy atom. The molecule has 0 spiro atoms. The molecule has 0 heterocycles. The van der Waals surface area contributed by atoms with Gasteiger partial charge in [-0.1, -0.05) is 0 Å². The lowest BCUT2D eigenvalue weighted by molar-refractivity contribution is 0.323. The van der Waals surface area contributed by atoms with E-state index in [-0.39, 0.29) is 10.8 Å². The third-order valence-electron chi connectivity index (χ3n) is 0.239. The van der Waals surface area contributed by atoms with Gasteiger partial charge in [0.2, 0.25) is 0 Å².